The van der Waals surface area contributed by atoms with Crippen molar-refractivity contribution in [2.45, 2.75) is 211 Å². The van der Waals surface area contributed by atoms with E-state index in [-0.39, 0.29) is 44.9 Å². The van der Waals surface area contributed by atoms with Crippen molar-refractivity contribution >= 4 is 17.7 Å². The maximum absolute atomic E-state index is 15.4. The molecule has 80 heavy (non-hydrogen) atoms. The number of methoxy groups -OCH3 is 1. The number of hydrogen-bond acceptors (Lipinski definition) is 19. The van der Waals surface area contributed by atoms with Crippen LogP contribution in [0.2, 0.25) is 0 Å². The fraction of sp³-hybridized carbons (Fsp3) is 0.724. The smallest absolute Gasteiger partial charge is 0.414 e. The van der Waals surface area contributed by atoms with E-state index in [9.17, 15) is 40.2 Å². The molecule has 0 bridgehead atoms. The summed E-state index contributed by atoms with van der Waals surface area (Å²) in [5.74, 6) is -3.42. The number of amides is 1. The maximum Gasteiger partial charge on any atom is 0.414 e. The lowest BCUT2D eigenvalue weighted by atomic mass is 9.77. The molecule has 22 heteroatoms. The fourth-order valence-corrected chi connectivity index (χ4v) is 12.4. The summed E-state index contributed by atoms with van der Waals surface area (Å²) < 4.78 is 61.0. The largest absolute Gasteiger partial charge is 0.459 e. The second-order valence-corrected chi connectivity index (χ2v) is 24.0. The van der Waals surface area contributed by atoms with Crippen LogP contribution in [0.5, 0.6) is 0 Å². The average Bonchev–Trinajstić information content (AvgIpc) is 4.06. The van der Waals surface area contributed by atoms with Crippen molar-refractivity contribution in [2.24, 2.45) is 17.8 Å². The second kappa shape index (κ2) is 26.1. The van der Waals surface area contributed by atoms with E-state index in [4.69, 9.17) is 33.2 Å². The Morgan fingerprint density at radius 3 is 2.26 bits per heavy atom. The minimum Gasteiger partial charge on any atom is -0.459 e. The average molecular weight is 1130 g/mol. The molecule has 0 unspecified atom stereocenters. The molecular formula is C58H89FN6O15. The number of rotatable bonds is 15. The first-order valence-electron chi connectivity index (χ1n) is 28.2. The van der Waals surface area contributed by atoms with Crippen LogP contribution in [0.25, 0.3) is 11.1 Å². The first kappa shape index (κ1) is 63.3. The van der Waals surface area contributed by atoms with Crippen LogP contribution in [0.1, 0.15) is 106 Å². The SMILES string of the molecule is CC[C@H]1OC(=O)[C@H](C)[C@@H](O[C@H]2C[C@@](C)(OC)[C@@H](O)[C@H](C)O2)[C@H](C)[C@@H](O[C@@H]2O[C@H](C)C[C@H](N(C)CCc3cn(C[C@H]4CN(c5ccc(-c6ccc(CO)cc6)c(F)c5)C(=O)O4)nn3)[C@H]2O)[C@](C)(O)C[C@@H](C)CN(C)[C@H](C)[C@@H](O)[C@]1(C)O. The van der Waals surface area contributed by atoms with Gasteiger partial charge in [-0.15, -0.1) is 5.10 Å². The Bertz CT molecular complexity index is 2520. The molecule has 21 nitrogen and oxygen atoms in total. The molecule has 4 fully saturated rings. The van der Waals surface area contributed by atoms with Crippen molar-refractivity contribution in [3.05, 3.63) is 65.7 Å². The molecule has 0 aliphatic carbocycles. The maximum atomic E-state index is 15.4. The van der Waals surface area contributed by atoms with Crippen molar-refractivity contribution in [2.75, 3.05) is 45.7 Å². The predicted molar refractivity (Wildman–Crippen MR) is 292 cm³/mol. The van der Waals surface area contributed by atoms with Crippen LogP contribution in [0.4, 0.5) is 14.9 Å². The minimum absolute atomic E-state index is 0.0762. The summed E-state index contributed by atoms with van der Waals surface area (Å²) >= 11 is 0. The number of nitrogens with zero attached hydrogens (tertiary/aromatic N) is 6. The molecule has 5 heterocycles. The predicted octanol–water partition coefficient (Wildman–Crippen LogP) is 4.43. The molecule has 4 aliphatic heterocycles. The molecule has 4 saturated heterocycles. The second-order valence-electron chi connectivity index (χ2n) is 24.0. The minimum atomic E-state index is -1.86. The molecule has 0 saturated carbocycles. The van der Waals surface area contributed by atoms with Crippen LogP contribution >= 0.6 is 0 Å². The molecule has 448 valence electrons. The van der Waals surface area contributed by atoms with Gasteiger partial charge < -0.3 is 73.6 Å². The zero-order chi connectivity index (χ0) is 58.8. The lowest BCUT2D eigenvalue weighted by Crippen LogP contribution is -2.61. The Kier molecular flexibility index (Phi) is 20.7. The van der Waals surface area contributed by atoms with Gasteiger partial charge in [-0.25, -0.2) is 13.9 Å². The summed E-state index contributed by atoms with van der Waals surface area (Å²) in [6.07, 6.45) is -8.57. The third kappa shape index (κ3) is 14.2. The van der Waals surface area contributed by atoms with Crippen LogP contribution in [-0.4, -0.2) is 205 Å². The van der Waals surface area contributed by atoms with Crippen LogP contribution < -0.4 is 4.90 Å². The number of esters is 1. The van der Waals surface area contributed by atoms with Gasteiger partial charge in [0.15, 0.2) is 12.6 Å². The number of cyclic esters (lactones) is 2. The van der Waals surface area contributed by atoms with E-state index in [1.54, 1.807) is 95.7 Å². The van der Waals surface area contributed by atoms with E-state index in [0.717, 1.165) is 0 Å². The highest BCUT2D eigenvalue weighted by atomic mass is 19.1. The zero-order valence-corrected chi connectivity index (χ0v) is 48.8. The summed E-state index contributed by atoms with van der Waals surface area (Å²) in [5, 5.41) is 78.0. The Hall–Kier alpha value is -4.27. The monoisotopic (exact) mass is 1130 g/mol. The number of ether oxygens (including phenoxy) is 7. The quantitative estimate of drug-likeness (QED) is 0.115. The first-order chi connectivity index (χ1) is 37.6. The van der Waals surface area contributed by atoms with E-state index >= 15 is 4.39 Å². The number of aromatic nitrogens is 3. The highest BCUT2D eigenvalue weighted by Gasteiger charge is 2.53. The van der Waals surface area contributed by atoms with Crippen LogP contribution in [0.3, 0.4) is 0 Å². The summed E-state index contributed by atoms with van der Waals surface area (Å²) in [6, 6.07) is 10.4. The molecule has 19 atom stereocenters. The summed E-state index contributed by atoms with van der Waals surface area (Å²) in [6.45, 7) is 18.4. The number of carbonyl (C=O) groups excluding carboxylic acids is 2. The van der Waals surface area contributed by atoms with Gasteiger partial charge >= 0.3 is 12.1 Å². The standard InChI is InChI=1S/C58H89FN6O15/c1-14-46-58(10,73)50(68)36(6)63(12)27-32(2)25-56(8,72)52(34(4)49(35(5)53(70)78-46)79-47-26-57(9,74-13)51(69)37(7)76-47)80-54-48(67)45(23-33(3)75-54)62(11)22-21-40-28-64(61-60-40)29-42-30-65(55(71)77-42)41-19-20-43(44(59)24-41)39-17-15-38(31-66)16-18-39/h15-20,24,28,32-37,42,45-52,54,66-69,72-73H,14,21-23,25-27,29-31H2,1-13H3/t32-,33-,34+,35-,36-,37+,42+,45+,46-,47+,48-,49+,50-,51+,52-,54+,56-,57-,58-/m1/s1. The van der Waals surface area contributed by atoms with Crippen molar-refractivity contribution in [1.29, 1.82) is 0 Å². The Morgan fingerprint density at radius 1 is 0.912 bits per heavy atom. The number of carbonyl (C=O) groups is 2. The molecular weight excluding hydrogens is 1040 g/mol. The highest BCUT2D eigenvalue weighted by molar-refractivity contribution is 5.90. The van der Waals surface area contributed by atoms with E-state index in [1.165, 1.54) is 25.0 Å². The normalized spacial score (nSPS) is 38.2. The number of anilines is 1. The number of likely N-dealkylation sites (N-methyl/N-ethyl adjacent to an activating group) is 2. The number of benzene rings is 2. The van der Waals surface area contributed by atoms with Gasteiger partial charge in [-0.3, -0.25) is 9.69 Å². The Balaban J connectivity index is 1.07. The van der Waals surface area contributed by atoms with Crippen molar-refractivity contribution in [1.82, 2.24) is 24.8 Å². The lowest BCUT2D eigenvalue weighted by Gasteiger charge is -2.49. The summed E-state index contributed by atoms with van der Waals surface area (Å²) in [4.78, 5) is 32.8. The van der Waals surface area contributed by atoms with Gasteiger partial charge in [0.25, 0.3) is 0 Å². The van der Waals surface area contributed by atoms with Crippen LogP contribution in [-0.2, 0) is 57.5 Å². The van der Waals surface area contributed by atoms with Crippen LogP contribution in [0.15, 0.2) is 48.7 Å². The number of halogens is 1. The van der Waals surface area contributed by atoms with Crippen molar-refractivity contribution < 1.29 is 77.8 Å². The van der Waals surface area contributed by atoms with Gasteiger partial charge in [0.1, 0.15) is 41.9 Å². The van der Waals surface area contributed by atoms with Gasteiger partial charge in [-0.05, 0) is 117 Å². The van der Waals surface area contributed by atoms with E-state index in [2.05, 4.69) is 10.3 Å². The highest BCUT2D eigenvalue weighted by Crippen LogP contribution is 2.41. The Labute approximate surface area is 470 Å². The molecule has 7 rings (SSSR count). The van der Waals surface area contributed by atoms with Crippen molar-refractivity contribution in [3.8, 4) is 11.1 Å². The van der Waals surface area contributed by atoms with E-state index in [0.29, 0.717) is 54.0 Å². The molecule has 4 aliphatic rings. The van der Waals surface area contributed by atoms with Gasteiger partial charge in [-0.1, -0.05) is 50.3 Å². The third-order valence-electron chi connectivity index (χ3n) is 17.4. The third-order valence-corrected chi connectivity index (χ3v) is 17.4. The van der Waals surface area contributed by atoms with Gasteiger partial charge in [-0.2, -0.15) is 0 Å². The Morgan fingerprint density at radius 2 is 1.61 bits per heavy atom. The summed E-state index contributed by atoms with van der Waals surface area (Å²) in [5.41, 5.74) is -1.91. The van der Waals surface area contributed by atoms with E-state index in [1.807, 2.05) is 37.7 Å². The molecule has 1 aromatic heterocycles. The molecule has 0 spiro atoms. The molecule has 2 aromatic carbocycles. The molecule has 3 aromatic rings. The van der Waals surface area contributed by atoms with E-state index < -0.39 is 126 Å². The van der Waals surface area contributed by atoms with Crippen molar-refractivity contribution in [3.63, 3.8) is 0 Å². The number of aliphatic hydroxyl groups excluding tert-OH is 4. The first-order valence-corrected chi connectivity index (χ1v) is 28.2. The fourth-order valence-electron chi connectivity index (χ4n) is 12.4. The summed E-state index contributed by atoms with van der Waals surface area (Å²) in [7, 11) is 5.20. The topological polar surface area (TPSA) is 261 Å². The zero-order valence-electron chi connectivity index (χ0n) is 48.8. The van der Waals surface area contributed by atoms with Gasteiger partial charge in [0, 0.05) is 62.8 Å². The van der Waals surface area contributed by atoms with Gasteiger partial charge in [0.2, 0.25) is 0 Å². The molecule has 6 N–H and O–H groups in total. The lowest BCUT2D eigenvalue weighted by molar-refractivity contribution is -0.318. The van der Waals surface area contributed by atoms with Crippen LogP contribution in [0, 0.1) is 23.6 Å². The van der Waals surface area contributed by atoms with Gasteiger partial charge in [0.05, 0.1) is 72.6 Å². The number of hydrogen-bond donors (Lipinski definition) is 6. The molecule has 1 amide bonds. The molecule has 0 radical (unpaired) electrons. The number of aliphatic hydroxyl groups is 6.